The molecule has 1 aromatic carbocycles. The number of ether oxygens (including phenoxy) is 1. The molecule has 2 aromatic rings. The summed E-state index contributed by atoms with van der Waals surface area (Å²) in [6.07, 6.45) is 0. The second-order valence-electron chi connectivity index (χ2n) is 4.73. The van der Waals surface area contributed by atoms with Crippen LogP contribution < -0.4 is 10.5 Å². The SMILES string of the molecule is CN(C)CCOc1ccc(-c2cc(Cl)nc(N)n2)c(Cl)c1. The lowest BCUT2D eigenvalue weighted by atomic mass is 10.1. The minimum absolute atomic E-state index is 0.111. The van der Waals surface area contributed by atoms with Gasteiger partial charge in [-0.05, 0) is 32.3 Å². The van der Waals surface area contributed by atoms with Gasteiger partial charge >= 0.3 is 0 Å². The fraction of sp³-hybridized carbons (Fsp3) is 0.286. The second-order valence-corrected chi connectivity index (χ2v) is 5.52. The van der Waals surface area contributed by atoms with Crippen molar-refractivity contribution in [2.45, 2.75) is 0 Å². The van der Waals surface area contributed by atoms with Crippen molar-refractivity contribution in [2.24, 2.45) is 0 Å². The van der Waals surface area contributed by atoms with E-state index >= 15 is 0 Å². The van der Waals surface area contributed by atoms with E-state index in [9.17, 15) is 0 Å². The van der Waals surface area contributed by atoms with Gasteiger partial charge in [0.15, 0.2) is 0 Å². The van der Waals surface area contributed by atoms with Gasteiger partial charge in [0.05, 0.1) is 10.7 Å². The van der Waals surface area contributed by atoms with Crippen LogP contribution in [0.1, 0.15) is 0 Å². The van der Waals surface area contributed by atoms with Crippen LogP contribution in [0.5, 0.6) is 5.75 Å². The fourth-order valence-electron chi connectivity index (χ4n) is 1.71. The smallest absolute Gasteiger partial charge is 0.221 e. The van der Waals surface area contributed by atoms with Crippen molar-refractivity contribution in [3.63, 3.8) is 0 Å². The molecule has 1 aromatic heterocycles. The van der Waals surface area contributed by atoms with Gasteiger partial charge < -0.3 is 15.4 Å². The molecular formula is C14H16Cl2N4O. The van der Waals surface area contributed by atoms with E-state index in [0.717, 1.165) is 12.1 Å². The molecule has 0 aliphatic heterocycles. The molecule has 0 saturated heterocycles. The third kappa shape index (κ3) is 4.46. The van der Waals surface area contributed by atoms with Crippen LogP contribution in [-0.4, -0.2) is 42.1 Å². The van der Waals surface area contributed by atoms with E-state index in [1.165, 1.54) is 0 Å². The molecule has 0 spiro atoms. The zero-order valence-electron chi connectivity index (χ0n) is 11.8. The first kappa shape index (κ1) is 15.8. The molecule has 0 bridgehead atoms. The molecular weight excluding hydrogens is 311 g/mol. The number of benzene rings is 1. The highest BCUT2D eigenvalue weighted by molar-refractivity contribution is 6.33. The summed E-state index contributed by atoms with van der Waals surface area (Å²) in [4.78, 5) is 10.00. The standard InChI is InChI=1S/C14H16Cl2N4O/c1-20(2)5-6-21-9-3-4-10(11(15)7-9)12-8-13(16)19-14(17)18-12/h3-4,7-8H,5-6H2,1-2H3,(H2,17,18,19). The lowest BCUT2D eigenvalue weighted by Gasteiger charge is -2.12. The second kappa shape index (κ2) is 6.93. The lowest BCUT2D eigenvalue weighted by Crippen LogP contribution is -2.19. The maximum absolute atomic E-state index is 6.28. The first-order chi connectivity index (χ1) is 9.95. The number of nitrogen functional groups attached to an aromatic ring is 1. The van der Waals surface area contributed by atoms with E-state index in [0.29, 0.717) is 23.1 Å². The zero-order valence-corrected chi connectivity index (χ0v) is 13.3. The number of anilines is 1. The first-order valence-electron chi connectivity index (χ1n) is 6.33. The van der Waals surface area contributed by atoms with Gasteiger partial charge in [0.1, 0.15) is 17.5 Å². The van der Waals surface area contributed by atoms with Gasteiger partial charge in [-0.1, -0.05) is 23.2 Å². The maximum atomic E-state index is 6.28. The highest BCUT2D eigenvalue weighted by Gasteiger charge is 2.09. The van der Waals surface area contributed by atoms with Crippen LogP contribution in [-0.2, 0) is 0 Å². The third-order valence-electron chi connectivity index (χ3n) is 2.74. The molecule has 0 amide bonds. The summed E-state index contributed by atoms with van der Waals surface area (Å²) in [6, 6.07) is 7.03. The van der Waals surface area contributed by atoms with E-state index in [4.69, 9.17) is 33.7 Å². The minimum Gasteiger partial charge on any atom is -0.492 e. The Labute approximate surface area is 133 Å². The highest BCUT2D eigenvalue weighted by atomic mass is 35.5. The van der Waals surface area contributed by atoms with Crippen LogP contribution in [0.2, 0.25) is 10.2 Å². The summed E-state index contributed by atoms with van der Waals surface area (Å²) in [7, 11) is 3.98. The number of rotatable bonds is 5. The van der Waals surface area contributed by atoms with Crippen molar-refractivity contribution in [3.8, 4) is 17.0 Å². The Bertz CT molecular complexity index is 614. The number of halogens is 2. The van der Waals surface area contributed by atoms with E-state index in [1.807, 2.05) is 31.1 Å². The van der Waals surface area contributed by atoms with Crippen LogP contribution in [0, 0.1) is 0 Å². The Kier molecular flexibility index (Phi) is 5.22. The highest BCUT2D eigenvalue weighted by Crippen LogP contribution is 2.31. The number of likely N-dealkylation sites (N-methyl/N-ethyl adjacent to an activating group) is 1. The van der Waals surface area contributed by atoms with Gasteiger partial charge in [0.25, 0.3) is 0 Å². The van der Waals surface area contributed by atoms with Crippen LogP contribution in [0.4, 0.5) is 5.95 Å². The average molecular weight is 327 g/mol. The summed E-state index contributed by atoms with van der Waals surface area (Å²) in [6.45, 7) is 1.42. The normalized spacial score (nSPS) is 10.9. The van der Waals surface area contributed by atoms with Crippen molar-refractivity contribution in [2.75, 3.05) is 33.0 Å². The van der Waals surface area contributed by atoms with Gasteiger partial charge in [-0.25, -0.2) is 9.97 Å². The molecule has 2 rings (SSSR count). The summed E-state index contributed by atoms with van der Waals surface area (Å²) >= 11 is 12.2. The molecule has 0 unspecified atom stereocenters. The first-order valence-corrected chi connectivity index (χ1v) is 7.09. The molecule has 2 N–H and O–H groups in total. The molecule has 0 aliphatic carbocycles. The van der Waals surface area contributed by atoms with Crippen LogP contribution in [0.25, 0.3) is 11.3 Å². The molecule has 0 atom stereocenters. The number of hydrogen-bond donors (Lipinski definition) is 1. The molecule has 1 heterocycles. The molecule has 0 radical (unpaired) electrons. The van der Waals surface area contributed by atoms with E-state index in [2.05, 4.69) is 9.97 Å². The maximum Gasteiger partial charge on any atom is 0.221 e. The summed E-state index contributed by atoms with van der Waals surface area (Å²) in [5, 5.41) is 0.798. The lowest BCUT2D eigenvalue weighted by molar-refractivity contribution is 0.261. The number of nitrogens with two attached hydrogens (primary N) is 1. The van der Waals surface area contributed by atoms with Crippen molar-refractivity contribution in [1.82, 2.24) is 14.9 Å². The van der Waals surface area contributed by atoms with E-state index in [1.54, 1.807) is 12.1 Å². The minimum atomic E-state index is 0.111. The predicted molar refractivity (Wildman–Crippen MR) is 85.9 cm³/mol. The van der Waals surface area contributed by atoms with Crippen molar-refractivity contribution in [3.05, 3.63) is 34.4 Å². The quantitative estimate of drug-likeness (QED) is 0.856. The zero-order chi connectivity index (χ0) is 15.4. The van der Waals surface area contributed by atoms with Crippen molar-refractivity contribution < 1.29 is 4.74 Å². The monoisotopic (exact) mass is 326 g/mol. The molecule has 0 fully saturated rings. The Hall–Kier alpha value is -1.56. The van der Waals surface area contributed by atoms with E-state index in [-0.39, 0.29) is 11.1 Å². The molecule has 5 nitrogen and oxygen atoms in total. The molecule has 7 heteroatoms. The average Bonchev–Trinajstić information content (AvgIpc) is 2.37. The van der Waals surface area contributed by atoms with E-state index < -0.39 is 0 Å². The summed E-state index contributed by atoms with van der Waals surface area (Å²) in [5.74, 6) is 0.818. The molecule has 112 valence electrons. The van der Waals surface area contributed by atoms with Crippen LogP contribution in [0.15, 0.2) is 24.3 Å². The van der Waals surface area contributed by atoms with Crippen molar-refractivity contribution >= 4 is 29.2 Å². The fourth-order valence-corrected chi connectivity index (χ4v) is 2.17. The van der Waals surface area contributed by atoms with Gasteiger partial charge in [0.2, 0.25) is 5.95 Å². The Morgan fingerprint density at radius 3 is 2.57 bits per heavy atom. The summed E-state index contributed by atoms with van der Waals surface area (Å²) < 4.78 is 5.63. The largest absolute Gasteiger partial charge is 0.492 e. The topological polar surface area (TPSA) is 64.3 Å². The number of aromatic nitrogens is 2. The van der Waals surface area contributed by atoms with Crippen LogP contribution >= 0.6 is 23.2 Å². The number of hydrogen-bond acceptors (Lipinski definition) is 5. The van der Waals surface area contributed by atoms with Gasteiger partial charge in [-0.2, -0.15) is 0 Å². The Morgan fingerprint density at radius 2 is 1.95 bits per heavy atom. The molecule has 21 heavy (non-hydrogen) atoms. The van der Waals surface area contributed by atoms with Crippen LogP contribution in [0.3, 0.4) is 0 Å². The Balaban J connectivity index is 2.19. The third-order valence-corrected chi connectivity index (χ3v) is 3.24. The molecule has 0 saturated carbocycles. The van der Waals surface area contributed by atoms with Gasteiger partial charge in [-0.15, -0.1) is 0 Å². The number of nitrogens with zero attached hydrogens (tertiary/aromatic N) is 3. The Morgan fingerprint density at radius 1 is 1.19 bits per heavy atom. The van der Waals surface area contributed by atoms with Gasteiger partial charge in [0, 0.05) is 18.2 Å². The summed E-state index contributed by atoms with van der Waals surface area (Å²) in [5.41, 5.74) is 6.90. The van der Waals surface area contributed by atoms with Gasteiger partial charge in [-0.3, -0.25) is 0 Å². The predicted octanol–water partition coefficient (Wildman–Crippen LogP) is 2.97. The molecule has 0 aliphatic rings. The van der Waals surface area contributed by atoms with Crippen molar-refractivity contribution in [1.29, 1.82) is 0 Å².